The highest BCUT2D eigenvalue weighted by molar-refractivity contribution is 5.64. The van der Waals surface area contributed by atoms with Crippen LogP contribution < -0.4 is 10.6 Å². The molecule has 1 fully saturated rings. The van der Waals surface area contributed by atoms with Crippen molar-refractivity contribution in [1.82, 2.24) is 20.2 Å². The van der Waals surface area contributed by atoms with Crippen molar-refractivity contribution in [3.05, 3.63) is 24.3 Å². The average molecular weight is 395 g/mol. The van der Waals surface area contributed by atoms with E-state index in [2.05, 4.69) is 67.0 Å². The van der Waals surface area contributed by atoms with E-state index in [1.807, 2.05) is 6.20 Å². The van der Waals surface area contributed by atoms with Gasteiger partial charge in [-0.3, -0.25) is 10.6 Å². The number of hydrogen-bond acceptors (Lipinski definition) is 3. The van der Waals surface area contributed by atoms with Gasteiger partial charge in [0.2, 0.25) is 0 Å². The Kier molecular flexibility index (Phi) is 6.18. The Labute approximate surface area is 176 Å². The summed E-state index contributed by atoms with van der Waals surface area (Å²) in [6.07, 6.45) is 14.5. The summed E-state index contributed by atoms with van der Waals surface area (Å²) in [5, 5.41) is 7.48. The van der Waals surface area contributed by atoms with Gasteiger partial charge in [0.25, 0.3) is 0 Å². The zero-order chi connectivity index (χ0) is 20.4. The van der Waals surface area contributed by atoms with Gasteiger partial charge in [0.1, 0.15) is 11.5 Å². The number of rotatable bonds is 5. The van der Waals surface area contributed by atoms with Gasteiger partial charge in [0, 0.05) is 43.9 Å². The van der Waals surface area contributed by atoms with E-state index in [1.165, 1.54) is 43.5 Å². The summed E-state index contributed by atoms with van der Waals surface area (Å²) >= 11 is 0. The van der Waals surface area contributed by atoms with Crippen LogP contribution in [0.1, 0.15) is 72.0 Å². The Morgan fingerprint density at radius 3 is 2.79 bits per heavy atom. The Bertz CT molecular complexity index is 789. The number of allylic oxidation sites excluding steroid dienone is 2. The van der Waals surface area contributed by atoms with Crippen LogP contribution in [0.5, 0.6) is 0 Å². The molecule has 1 aliphatic carbocycles. The molecular weight excluding hydrogens is 356 g/mol. The van der Waals surface area contributed by atoms with Gasteiger partial charge in [0.15, 0.2) is 0 Å². The topological polar surface area (TPSA) is 41.9 Å². The molecular formula is C25H38N4. The fraction of sp³-hybridized carbons (Fsp3) is 0.720. The Morgan fingerprint density at radius 1 is 1.24 bits per heavy atom. The minimum Gasteiger partial charge on any atom is -0.331 e. The average Bonchev–Trinajstić information content (AvgIpc) is 3.10. The minimum atomic E-state index is -0.302. The van der Waals surface area contributed by atoms with E-state index in [-0.39, 0.29) is 5.66 Å². The fourth-order valence-electron chi connectivity index (χ4n) is 5.14. The van der Waals surface area contributed by atoms with Gasteiger partial charge in [-0.05, 0) is 50.0 Å². The van der Waals surface area contributed by atoms with Crippen LogP contribution in [0.25, 0.3) is 5.57 Å². The van der Waals surface area contributed by atoms with E-state index >= 15 is 0 Å². The maximum Gasteiger partial charge on any atom is 0.135 e. The van der Waals surface area contributed by atoms with E-state index in [9.17, 15) is 0 Å². The molecule has 2 aliphatic heterocycles. The van der Waals surface area contributed by atoms with E-state index in [0.29, 0.717) is 29.7 Å². The third-order valence-electron chi connectivity index (χ3n) is 7.36. The van der Waals surface area contributed by atoms with Crippen LogP contribution >= 0.6 is 0 Å². The number of hydrogen-bond donors (Lipinski definition) is 2. The standard InChI is InChI=1S/C25H38N4/c1-18(2)19(3)28-25(4)12-8-11-21(16-27-25)22-15-23(20-9-6-5-7-10-20)24-26-13-14-29(24)17-22/h13-15,18-22,27-28H,5-7,9-11,16-17H2,1-4H3. The first-order valence-electron chi connectivity index (χ1n) is 11.7. The fourth-order valence-corrected chi connectivity index (χ4v) is 5.14. The largest absolute Gasteiger partial charge is 0.331 e. The van der Waals surface area contributed by atoms with Crippen molar-refractivity contribution in [2.24, 2.45) is 23.7 Å². The van der Waals surface area contributed by atoms with Crippen LogP contribution in [0.15, 0.2) is 18.5 Å². The maximum absolute atomic E-state index is 4.72. The molecule has 3 aliphatic rings. The van der Waals surface area contributed by atoms with Crippen molar-refractivity contribution in [3.63, 3.8) is 0 Å². The maximum atomic E-state index is 4.72. The first-order chi connectivity index (χ1) is 14.0. The SMILES string of the molecule is CC(C)C(C)NC1(C)C#CCC(C2C=C(C3CCCCC3)c3nccn3C2)CN1. The molecule has 29 heavy (non-hydrogen) atoms. The molecule has 4 heteroatoms. The van der Waals surface area contributed by atoms with Gasteiger partial charge < -0.3 is 4.57 Å². The summed E-state index contributed by atoms with van der Waals surface area (Å²) in [5.41, 5.74) is 1.21. The molecule has 0 saturated heterocycles. The smallest absolute Gasteiger partial charge is 0.135 e. The van der Waals surface area contributed by atoms with E-state index in [0.717, 1.165) is 19.5 Å². The van der Waals surface area contributed by atoms with Crippen molar-refractivity contribution in [2.45, 2.75) is 84.5 Å². The molecule has 0 spiro atoms. The number of fused-ring (bicyclic) bond motifs is 1. The molecule has 158 valence electrons. The molecule has 0 aromatic carbocycles. The molecule has 0 radical (unpaired) electrons. The summed E-state index contributed by atoms with van der Waals surface area (Å²) in [5.74, 6) is 10.6. The summed E-state index contributed by atoms with van der Waals surface area (Å²) < 4.78 is 2.39. The van der Waals surface area contributed by atoms with Crippen LogP contribution in [0.4, 0.5) is 0 Å². The number of imidazole rings is 1. The van der Waals surface area contributed by atoms with E-state index in [1.54, 1.807) is 0 Å². The third-order valence-corrected chi connectivity index (χ3v) is 7.36. The van der Waals surface area contributed by atoms with Crippen LogP contribution in [-0.4, -0.2) is 27.8 Å². The summed E-state index contributed by atoms with van der Waals surface area (Å²) in [6, 6.07) is 0.430. The second-order valence-corrected chi connectivity index (χ2v) is 9.97. The molecule has 3 heterocycles. The van der Waals surface area contributed by atoms with Crippen molar-refractivity contribution in [2.75, 3.05) is 6.54 Å². The molecule has 4 nitrogen and oxygen atoms in total. The molecule has 0 bridgehead atoms. The van der Waals surface area contributed by atoms with Crippen molar-refractivity contribution >= 4 is 5.57 Å². The zero-order valence-corrected chi connectivity index (χ0v) is 18.7. The van der Waals surface area contributed by atoms with Gasteiger partial charge >= 0.3 is 0 Å². The van der Waals surface area contributed by atoms with Gasteiger partial charge in [-0.25, -0.2) is 4.98 Å². The molecule has 0 amide bonds. The van der Waals surface area contributed by atoms with Crippen molar-refractivity contribution in [3.8, 4) is 11.8 Å². The summed E-state index contributed by atoms with van der Waals surface area (Å²) in [6.45, 7) is 11.0. The summed E-state index contributed by atoms with van der Waals surface area (Å²) in [4.78, 5) is 4.72. The molecule has 1 aromatic heterocycles. The lowest BCUT2D eigenvalue weighted by atomic mass is 9.78. The molecule has 4 unspecified atom stereocenters. The van der Waals surface area contributed by atoms with Crippen LogP contribution in [0.2, 0.25) is 0 Å². The van der Waals surface area contributed by atoms with Gasteiger partial charge in [-0.15, -0.1) is 0 Å². The minimum absolute atomic E-state index is 0.302. The van der Waals surface area contributed by atoms with Crippen molar-refractivity contribution in [1.29, 1.82) is 0 Å². The normalized spacial score (nSPS) is 31.4. The predicted octanol–water partition coefficient (Wildman–Crippen LogP) is 4.44. The van der Waals surface area contributed by atoms with Crippen molar-refractivity contribution < 1.29 is 0 Å². The Morgan fingerprint density at radius 2 is 2.03 bits per heavy atom. The Balaban J connectivity index is 1.49. The quantitative estimate of drug-likeness (QED) is 0.726. The number of nitrogens with one attached hydrogen (secondary N) is 2. The van der Waals surface area contributed by atoms with Gasteiger partial charge in [-0.2, -0.15) is 0 Å². The Hall–Kier alpha value is -1.57. The summed E-state index contributed by atoms with van der Waals surface area (Å²) in [7, 11) is 0. The van der Waals surface area contributed by atoms with Crippen LogP contribution in [-0.2, 0) is 6.54 Å². The lowest BCUT2D eigenvalue weighted by Crippen LogP contribution is -2.58. The lowest BCUT2D eigenvalue weighted by Gasteiger charge is -2.35. The molecule has 1 aromatic rings. The van der Waals surface area contributed by atoms with Crippen LogP contribution in [0.3, 0.4) is 0 Å². The second kappa shape index (κ2) is 8.66. The van der Waals surface area contributed by atoms with Crippen LogP contribution in [0, 0.1) is 35.5 Å². The number of nitrogens with zero attached hydrogens (tertiary/aromatic N) is 2. The first-order valence-corrected chi connectivity index (χ1v) is 11.7. The predicted molar refractivity (Wildman–Crippen MR) is 120 cm³/mol. The van der Waals surface area contributed by atoms with Gasteiger partial charge in [-0.1, -0.05) is 51.0 Å². The second-order valence-electron chi connectivity index (χ2n) is 9.97. The van der Waals surface area contributed by atoms with E-state index in [4.69, 9.17) is 4.98 Å². The lowest BCUT2D eigenvalue weighted by molar-refractivity contribution is 0.259. The molecule has 2 N–H and O–H groups in total. The molecule has 4 atom stereocenters. The highest BCUT2D eigenvalue weighted by Crippen LogP contribution is 2.39. The monoisotopic (exact) mass is 394 g/mol. The zero-order valence-electron chi connectivity index (χ0n) is 18.7. The highest BCUT2D eigenvalue weighted by atomic mass is 15.2. The van der Waals surface area contributed by atoms with E-state index < -0.39 is 0 Å². The third kappa shape index (κ3) is 4.62. The van der Waals surface area contributed by atoms with Gasteiger partial charge in [0.05, 0.1) is 0 Å². The number of aromatic nitrogens is 2. The first kappa shape index (κ1) is 20.7. The highest BCUT2D eigenvalue weighted by Gasteiger charge is 2.33. The molecule has 4 rings (SSSR count). The molecule has 1 saturated carbocycles.